The number of para-hydroxylation sites is 1. The number of nitrogens with one attached hydrogen (secondary N) is 1. The van der Waals surface area contributed by atoms with Gasteiger partial charge in [-0.25, -0.2) is 4.98 Å². The molecular weight excluding hydrogens is 402 g/mol. The monoisotopic (exact) mass is 423 g/mol. The van der Waals surface area contributed by atoms with Crippen molar-refractivity contribution >= 4 is 34.3 Å². The van der Waals surface area contributed by atoms with Crippen LogP contribution < -0.4 is 20.3 Å². The topological polar surface area (TPSA) is 82.5 Å². The molecule has 2 heterocycles. The van der Waals surface area contributed by atoms with E-state index >= 15 is 0 Å². The maximum Gasteiger partial charge on any atom is 0.262 e. The van der Waals surface area contributed by atoms with Crippen LogP contribution in [0.2, 0.25) is 0 Å². The van der Waals surface area contributed by atoms with Crippen LogP contribution in [0.4, 0.5) is 5.69 Å². The zero-order valence-corrected chi connectivity index (χ0v) is 17.3. The summed E-state index contributed by atoms with van der Waals surface area (Å²) in [5, 5.41) is 3.42. The minimum Gasteiger partial charge on any atom is -0.486 e. The largest absolute Gasteiger partial charge is 0.486 e. The first-order valence-electron chi connectivity index (χ1n) is 9.54. The molecule has 2 aromatic carbocycles. The third-order valence-electron chi connectivity index (χ3n) is 4.60. The van der Waals surface area contributed by atoms with Gasteiger partial charge in [0.2, 0.25) is 5.91 Å². The van der Waals surface area contributed by atoms with Crippen molar-refractivity contribution < 1.29 is 14.3 Å². The van der Waals surface area contributed by atoms with E-state index < -0.39 is 5.25 Å². The maximum atomic E-state index is 12.9. The van der Waals surface area contributed by atoms with Gasteiger partial charge in [-0.2, -0.15) is 0 Å². The number of thioether (sulfide) groups is 1. The summed E-state index contributed by atoms with van der Waals surface area (Å²) in [5.74, 6) is 1.06. The Morgan fingerprint density at radius 2 is 2.03 bits per heavy atom. The average Bonchev–Trinajstić information content (AvgIpc) is 2.76. The lowest BCUT2D eigenvalue weighted by atomic mass is 10.2. The van der Waals surface area contributed by atoms with E-state index in [0.29, 0.717) is 53.0 Å². The van der Waals surface area contributed by atoms with Gasteiger partial charge in [-0.1, -0.05) is 30.0 Å². The van der Waals surface area contributed by atoms with E-state index in [1.807, 2.05) is 6.07 Å². The Hall–Kier alpha value is -3.26. The van der Waals surface area contributed by atoms with Crippen molar-refractivity contribution in [1.29, 1.82) is 0 Å². The molecule has 3 aromatic rings. The molecule has 0 radical (unpaired) electrons. The summed E-state index contributed by atoms with van der Waals surface area (Å²) in [5.41, 5.74) is 1.07. The molecule has 1 atom stereocenters. The molecule has 1 aromatic heterocycles. The Kier molecular flexibility index (Phi) is 5.76. The Bertz CT molecular complexity index is 1170. The fraction of sp³-hybridized carbons (Fsp3) is 0.227. The second-order valence-corrected chi connectivity index (χ2v) is 8.03. The first kappa shape index (κ1) is 20.0. The van der Waals surface area contributed by atoms with E-state index in [1.165, 1.54) is 16.3 Å². The van der Waals surface area contributed by atoms with Crippen LogP contribution >= 0.6 is 11.8 Å². The number of ether oxygens (including phenoxy) is 2. The number of hydrogen-bond donors (Lipinski definition) is 1. The lowest BCUT2D eigenvalue weighted by Crippen LogP contribution is -2.27. The third-order valence-corrected chi connectivity index (χ3v) is 5.69. The predicted octanol–water partition coefficient (Wildman–Crippen LogP) is 3.47. The first-order chi connectivity index (χ1) is 14.6. The Morgan fingerprint density at radius 3 is 2.83 bits per heavy atom. The molecule has 154 valence electrons. The van der Waals surface area contributed by atoms with Gasteiger partial charge in [-0.05, 0) is 31.2 Å². The molecule has 1 aliphatic heterocycles. The van der Waals surface area contributed by atoms with E-state index in [2.05, 4.69) is 16.9 Å². The number of carbonyl (C=O) groups excluding carboxylic acids is 1. The molecule has 1 unspecified atom stereocenters. The zero-order valence-electron chi connectivity index (χ0n) is 16.5. The number of carbonyl (C=O) groups is 1. The van der Waals surface area contributed by atoms with Crippen LogP contribution in [0.15, 0.2) is 65.1 Å². The molecule has 8 heteroatoms. The highest BCUT2D eigenvalue weighted by Gasteiger charge is 2.20. The Balaban J connectivity index is 1.55. The van der Waals surface area contributed by atoms with Gasteiger partial charge < -0.3 is 14.8 Å². The minimum atomic E-state index is -0.484. The van der Waals surface area contributed by atoms with E-state index in [9.17, 15) is 9.59 Å². The summed E-state index contributed by atoms with van der Waals surface area (Å²) >= 11 is 1.23. The van der Waals surface area contributed by atoms with Crippen LogP contribution in [0.5, 0.6) is 11.5 Å². The Labute approximate surface area is 177 Å². The highest BCUT2D eigenvalue weighted by molar-refractivity contribution is 8.00. The number of rotatable bonds is 6. The van der Waals surface area contributed by atoms with Crippen molar-refractivity contribution in [2.24, 2.45) is 0 Å². The first-order valence-corrected chi connectivity index (χ1v) is 10.4. The predicted molar refractivity (Wildman–Crippen MR) is 118 cm³/mol. The van der Waals surface area contributed by atoms with Gasteiger partial charge in [0.1, 0.15) is 13.2 Å². The van der Waals surface area contributed by atoms with Crippen molar-refractivity contribution in [2.45, 2.75) is 23.9 Å². The summed E-state index contributed by atoms with van der Waals surface area (Å²) < 4.78 is 12.6. The van der Waals surface area contributed by atoms with E-state index in [-0.39, 0.29) is 11.5 Å². The van der Waals surface area contributed by atoms with Crippen LogP contribution in [0, 0.1) is 0 Å². The summed E-state index contributed by atoms with van der Waals surface area (Å²) in [6, 6.07) is 12.5. The number of hydrogen-bond acceptors (Lipinski definition) is 6. The van der Waals surface area contributed by atoms with Gasteiger partial charge in [0, 0.05) is 18.3 Å². The molecular formula is C22H21N3O4S. The number of aromatic nitrogens is 2. The molecule has 4 rings (SSSR count). The average molecular weight is 423 g/mol. The molecule has 0 aliphatic carbocycles. The molecule has 0 bridgehead atoms. The lowest BCUT2D eigenvalue weighted by Gasteiger charge is -2.19. The Morgan fingerprint density at radius 1 is 1.27 bits per heavy atom. The summed E-state index contributed by atoms with van der Waals surface area (Å²) in [4.78, 5) is 30.2. The van der Waals surface area contributed by atoms with Crippen LogP contribution in [0.1, 0.15) is 6.92 Å². The second-order valence-electron chi connectivity index (χ2n) is 6.72. The van der Waals surface area contributed by atoms with Gasteiger partial charge >= 0.3 is 0 Å². The van der Waals surface area contributed by atoms with Gasteiger partial charge in [-0.15, -0.1) is 6.58 Å². The number of fused-ring (bicyclic) bond motifs is 2. The summed E-state index contributed by atoms with van der Waals surface area (Å²) in [6.07, 6.45) is 1.64. The number of allylic oxidation sites excluding steroid dienone is 1. The molecule has 1 N–H and O–H groups in total. The van der Waals surface area contributed by atoms with E-state index in [0.717, 1.165) is 0 Å². The molecule has 1 amide bonds. The zero-order chi connectivity index (χ0) is 21.1. The molecule has 0 saturated carbocycles. The fourth-order valence-electron chi connectivity index (χ4n) is 3.10. The smallest absolute Gasteiger partial charge is 0.262 e. The van der Waals surface area contributed by atoms with E-state index in [4.69, 9.17) is 9.47 Å². The molecule has 1 aliphatic rings. The lowest BCUT2D eigenvalue weighted by molar-refractivity contribution is -0.115. The summed E-state index contributed by atoms with van der Waals surface area (Å²) in [7, 11) is 0. The highest BCUT2D eigenvalue weighted by Crippen LogP contribution is 2.33. The van der Waals surface area contributed by atoms with Gasteiger partial charge in [0.15, 0.2) is 16.7 Å². The SMILES string of the molecule is C=CCn1c(SC(C)C(=O)Nc2ccc3c(c2)OCCO3)nc2ccccc2c1=O. The second kappa shape index (κ2) is 8.62. The minimum absolute atomic E-state index is 0.151. The van der Waals surface area contributed by atoms with E-state index in [1.54, 1.807) is 49.4 Å². The molecule has 30 heavy (non-hydrogen) atoms. The van der Waals surface area contributed by atoms with Crippen LogP contribution in [0.3, 0.4) is 0 Å². The molecule has 7 nitrogen and oxygen atoms in total. The number of amides is 1. The molecule has 0 spiro atoms. The van der Waals surface area contributed by atoms with Crippen molar-refractivity contribution in [3.63, 3.8) is 0 Å². The van der Waals surface area contributed by atoms with Gasteiger partial charge in [-0.3, -0.25) is 14.2 Å². The normalized spacial score (nSPS) is 13.6. The highest BCUT2D eigenvalue weighted by atomic mass is 32.2. The third kappa shape index (κ3) is 4.04. The number of nitrogens with zero attached hydrogens (tertiary/aromatic N) is 2. The van der Waals surface area contributed by atoms with Crippen LogP contribution in [0.25, 0.3) is 10.9 Å². The standard InChI is InChI=1S/C22H21N3O4S/c1-3-10-25-21(27)16-6-4-5-7-17(16)24-22(25)30-14(2)20(26)23-15-8-9-18-19(13-15)29-12-11-28-18/h3-9,13-14H,1,10-12H2,2H3,(H,23,26). The van der Waals surface area contributed by atoms with Gasteiger partial charge in [0.05, 0.1) is 16.2 Å². The summed E-state index contributed by atoms with van der Waals surface area (Å²) in [6.45, 7) is 6.80. The van der Waals surface area contributed by atoms with Gasteiger partial charge in [0.25, 0.3) is 5.56 Å². The number of benzene rings is 2. The fourth-order valence-corrected chi connectivity index (χ4v) is 4.02. The van der Waals surface area contributed by atoms with Crippen LogP contribution in [-0.2, 0) is 11.3 Å². The van der Waals surface area contributed by atoms with Crippen molar-refractivity contribution in [3.05, 3.63) is 65.5 Å². The van der Waals surface area contributed by atoms with Crippen LogP contribution in [-0.4, -0.2) is 33.9 Å². The molecule has 0 fully saturated rings. The number of anilines is 1. The quantitative estimate of drug-likeness (QED) is 0.371. The molecule has 0 saturated heterocycles. The van der Waals surface area contributed by atoms with Crippen molar-refractivity contribution in [2.75, 3.05) is 18.5 Å². The maximum absolute atomic E-state index is 12.9. The van der Waals surface area contributed by atoms with Crippen molar-refractivity contribution in [1.82, 2.24) is 9.55 Å². The van der Waals surface area contributed by atoms with Crippen molar-refractivity contribution in [3.8, 4) is 11.5 Å².